The van der Waals surface area contributed by atoms with Gasteiger partial charge in [0, 0.05) is 35.7 Å². The van der Waals surface area contributed by atoms with Crippen LogP contribution >= 0.6 is 0 Å². The highest BCUT2D eigenvalue weighted by molar-refractivity contribution is 5.89. The first kappa shape index (κ1) is 17.8. The molecule has 4 heteroatoms. The van der Waals surface area contributed by atoms with Crippen LogP contribution in [0.25, 0.3) is 10.9 Å². The quantitative estimate of drug-likeness (QED) is 0.648. The van der Waals surface area contributed by atoms with Crippen LogP contribution in [0.4, 0.5) is 0 Å². The molecule has 4 rings (SSSR count). The lowest BCUT2D eigenvalue weighted by atomic mass is 9.99. The molecule has 0 saturated carbocycles. The van der Waals surface area contributed by atoms with Crippen molar-refractivity contribution in [2.45, 2.75) is 38.4 Å². The molecule has 0 spiro atoms. The number of nitrogens with zero attached hydrogens (tertiary/aromatic N) is 2. The number of carbonyl (C=O) groups is 1. The zero-order valence-corrected chi connectivity index (χ0v) is 16.0. The summed E-state index contributed by atoms with van der Waals surface area (Å²) in [4.78, 5) is 14.4. The van der Waals surface area contributed by atoms with E-state index in [2.05, 4.69) is 65.0 Å². The first-order valence-corrected chi connectivity index (χ1v) is 9.57. The number of hydrogen-bond donors (Lipinski definition) is 0. The Morgan fingerprint density at radius 2 is 1.89 bits per heavy atom. The van der Waals surface area contributed by atoms with E-state index in [9.17, 15) is 4.79 Å². The van der Waals surface area contributed by atoms with E-state index in [0.29, 0.717) is 12.5 Å². The lowest BCUT2D eigenvalue weighted by Crippen LogP contribution is -2.38. The highest BCUT2D eigenvalue weighted by Crippen LogP contribution is 2.32. The third kappa shape index (κ3) is 3.50. The third-order valence-electron chi connectivity index (χ3n) is 5.75. The number of methoxy groups -OCH3 is 1. The number of hydrogen-bond acceptors (Lipinski definition) is 3. The highest BCUT2D eigenvalue weighted by Gasteiger charge is 2.27. The molecule has 0 fully saturated rings. The normalized spacial score (nSPS) is 16.5. The van der Waals surface area contributed by atoms with Gasteiger partial charge in [0.1, 0.15) is 0 Å². The maximum atomic E-state index is 11.9. The third-order valence-corrected chi connectivity index (χ3v) is 5.75. The van der Waals surface area contributed by atoms with E-state index in [-0.39, 0.29) is 5.97 Å². The molecule has 0 radical (unpaired) electrons. The van der Waals surface area contributed by atoms with Gasteiger partial charge in [-0.15, -0.1) is 0 Å². The minimum absolute atomic E-state index is 0.169. The number of likely N-dealkylation sites (N-methyl/N-ethyl adjacent to an activating group) is 1. The van der Waals surface area contributed by atoms with E-state index in [4.69, 9.17) is 4.74 Å². The van der Waals surface area contributed by atoms with Crippen LogP contribution in [0.15, 0.2) is 54.6 Å². The van der Waals surface area contributed by atoms with Crippen LogP contribution in [0.3, 0.4) is 0 Å². The Labute approximate surface area is 160 Å². The molecule has 1 aliphatic rings. The van der Waals surface area contributed by atoms with Gasteiger partial charge in [-0.05, 0) is 37.1 Å². The zero-order valence-electron chi connectivity index (χ0n) is 16.0. The highest BCUT2D eigenvalue weighted by atomic mass is 16.5. The summed E-state index contributed by atoms with van der Waals surface area (Å²) in [6.07, 6.45) is 2.45. The first-order valence-electron chi connectivity index (χ1n) is 9.57. The van der Waals surface area contributed by atoms with Crippen LogP contribution in [0.1, 0.15) is 23.2 Å². The van der Waals surface area contributed by atoms with E-state index in [1.807, 2.05) is 6.07 Å². The number of aromatic nitrogens is 1. The number of carbonyl (C=O) groups excluding carboxylic acids is 1. The number of esters is 1. The van der Waals surface area contributed by atoms with Gasteiger partial charge in [-0.25, -0.2) is 0 Å². The van der Waals surface area contributed by atoms with Gasteiger partial charge in [-0.1, -0.05) is 48.5 Å². The van der Waals surface area contributed by atoms with Crippen molar-refractivity contribution in [3.63, 3.8) is 0 Å². The summed E-state index contributed by atoms with van der Waals surface area (Å²) in [5.74, 6) is -0.169. The molecule has 0 amide bonds. The van der Waals surface area contributed by atoms with Crippen molar-refractivity contribution >= 4 is 16.9 Å². The summed E-state index contributed by atoms with van der Waals surface area (Å²) < 4.78 is 7.35. The lowest BCUT2D eigenvalue weighted by molar-refractivity contribution is -0.139. The lowest BCUT2D eigenvalue weighted by Gasteiger charge is -2.33. The Bertz CT molecular complexity index is 946. The van der Waals surface area contributed by atoms with Gasteiger partial charge in [-0.2, -0.15) is 0 Å². The van der Waals surface area contributed by atoms with Crippen molar-refractivity contribution in [2.24, 2.45) is 0 Å². The summed E-state index contributed by atoms with van der Waals surface area (Å²) in [5.41, 5.74) is 5.01. The monoisotopic (exact) mass is 362 g/mol. The number of ether oxygens (including phenoxy) is 1. The summed E-state index contributed by atoms with van der Waals surface area (Å²) in [7, 11) is 3.67. The molecule has 0 N–H and O–H groups in total. The van der Waals surface area contributed by atoms with Crippen LogP contribution in [0, 0.1) is 0 Å². The maximum absolute atomic E-state index is 11.9. The molecule has 3 aromatic rings. The SMILES string of the molecule is COC(=O)Cc1c2n(c3ccccc13)CC(N(C)Cc1ccccc1)CC2. The Balaban J connectivity index is 1.62. The molecular formula is C23H26N2O2. The zero-order chi connectivity index (χ0) is 18.8. The average molecular weight is 362 g/mol. The number of para-hydroxylation sites is 1. The molecule has 2 aromatic carbocycles. The molecule has 1 aliphatic heterocycles. The maximum Gasteiger partial charge on any atom is 0.310 e. The fourth-order valence-electron chi connectivity index (χ4n) is 4.30. The second-order valence-corrected chi connectivity index (χ2v) is 7.40. The topological polar surface area (TPSA) is 34.5 Å². The second kappa shape index (κ2) is 7.57. The number of fused-ring (bicyclic) bond motifs is 3. The van der Waals surface area contributed by atoms with Crippen molar-refractivity contribution in [3.8, 4) is 0 Å². The molecule has 4 nitrogen and oxygen atoms in total. The number of benzene rings is 2. The largest absolute Gasteiger partial charge is 0.469 e. The summed E-state index contributed by atoms with van der Waals surface area (Å²) >= 11 is 0. The van der Waals surface area contributed by atoms with Gasteiger partial charge in [0.25, 0.3) is 0 Å². The first-order chi connectivity index (χ1) is 13.2. The van der Waals surface area contributed by atoms with E-state index >= 15 is 0 Å². The summed E-state index contributed by atoms with van der Waals surface area (Å²) in [6, 6.07) is 19.5. The van der Waals surface area contributed by atoms with Gasteiger partial charge >= 0.3 is 5.97 Å². The molecule has 140 valence electrons. The standard InChI is InChI=1S/C23H26N2O2/c1-24(15-17-8-4-3-5-9-17)18-12-13-22-20(14-23(26)27-2)19-10-6-7-11-21(19)25(22)16-18/h3-11,18H,12-16H2,1-2H3. The van der Waals surface area contributed by atoms with Crippen molar-refractivity contribution in [2.75, 3.05) is 14.2 Å². The van der Waals surface area contributed by atoms with Gasteiger partial charge < -0.3 is 9.30 Å². The minimum atomic E-state index is -0.169. The molecule has 1 atom stereocenters. The second-order valence-electron chi connectivity index (χ2n) is 7.40. The van der Waals surface area contributed by atoms with Gasteiger partial charge in [-0.3, -0.25) is 9.69 Å². The van der Waals surface area contributed by atoms with Crippen molar-refractivity contribution in [3.05, 3.63) is 71.4 Å². The summed E-state index contributed by atoms with van der Waals surface area (Å²) in [6.45, 7) is 1.91. The molecule has 1 unspecified atom stereocenters. The van der Waals surface area contributed by atoms with E-state index in [0.717, 1.165) is 31.5 Å². The Morgan fingerprint density at radius 1 is 1.15 bits per heavy atom. The van der Waals surface area contributed by atoms with Gasteiger partial charge in [0.15, 0.2) is 0 Å². The molecule has 0 aliphatic carbocycles. The molecule has 27 heavy (non-hydrogen) atoms. The Hall–Kier alpha value is -2.59. The molecule has 0 saturated heterocycles. The average Bonchev–Trinajstić information content (AvgIpc) is 3.02. The van der Waals surface area contributed by atoms with Gasteiger partial charge in [0.2, 0.25) is 0 Å². The Morgan fingerprint density at radius 3 is 2.67 bits per heavy atom. The van der Waals surface area contributed by atoms with Crippen LogP contribution in [0.2, 0.25) is 0 Å². The van der Waals surface area contributed by atoms with E-state index in [1.165, 1.54) is 29.3 Å². The minimum Gasteiger partial charge on any atom is -0.469 e. The van der Waals surface area contributed by atoms with E-state index < -0.39 is 0 Å². The van der Waals surface area contributed by atoms with E-state index in [1.54, 1.807) is 0 Å². The molecular weight excluding hydrogens is 336 g/mol. The van der Waals surface area contributed by atoms with Crippen molar-refractivity contribution < 1.29 is 9.53 Å². The Kier molecular flexibility index (Phi) is 4.99. The molecule has 0 bridgehead atoms. The predicted molar refractivity (Wildman–Crippen MR) is 108 cm³/mol. The van der Waals surface area contributed by atoms with Crippen LogP contribution in [-0.2, 0) is 35.5 Å². The fourth-order valence-corrected chi connectivity index (χ4v) is 4.30. The van der Waals surface area contributed by atoms with Crippen LogP contribution in [0.5, 0.6) is 0 Å². The van der Waals surface area contributed by atoms with Crippen molar-refractivity contribution in [1.82, 2.24) is 9.47 Å². The summed E-state index contributed by atoms with van der Waals surface area (Å²) in [5, 5.41) is 1.18. The number of rotatable bonds is 5. The van der Waals surface area contributed by atoms with Crippen LogP contribution < -0.4 is 0 Å². The van der Waals surface area contributed by atoms with Crippen LogP contribution in [-0.4, -0.2) is 35.6 Å². The van der Waals surface area contributed by atoms with Crippen molar-refractivity contribution in [1.29, 1.82) is 0 Å². The molecule has 1 aromatic heterocycles. The van der Waals surface area contributed by atoms with Gasteiger partial charge in [0.05, 0.1) is 13.5 Å². The molecule has 2 heterocycles. The fraction of sp³-hybridized carbons (Fsp3) is 0.348. The smallest absolute Gasteiger partial charge is 0.310 e. The predicted octanol–water partition coefficient (Wildman–Crippen LogP) is 3.80.